The van der Waals surface area contributed by atoms with Crippen molar-refractivity contribution in [3.05, 3.63) is 28.2 Å². The molecule has 0 saturated heterocycles. The number of nitrogens with zero attached hydrogens (tertiary/aromatic N) is 3. The van der Waals surface area contributed by atoms with Crippen LogP contribution in [0.3, 0.4) is 0 Å². The minimum absolute atomic E-state index is 0.262. The molecule has 0 aliphatic heterocycles. The smallest absolute Gasteiger partial charge is 0.426 e. The molecule has 1 amide bonds. The predicted octanol–water partition coefficient (Wildman–Crippen LogP) is -1.12. The van der Waals surface area contributed by atoms with Gasteiger partial charge in [-0.1, -0.05) is 6.92 Å². The molecule has 12 nitrogen and oxygen atoms in total. The van der Waals surface area contributed by atoms with Crippen molar-refractivity contribution in [1.82, 2.24) is 4.90 Å². The molecule has 3 aliphatic carbocycles. The van der Waals surface area contributed by atoms with Gasteiger partial charge in [-0.2, -0.15) is 0 Å². The van der Waals surface area contributed by atoms with E-state index in [1.54, 1.807) is 6.92 Å². The fourth-order valence-electron chi connectivity index (χ4n) is 6.06. The summed E-state index contributed by atoms with van der Waals surface area (Å²) in [6.45, 7) is 1.59. The molecule has 2 saturated carbocycles. The molecule has 5 N–H and O–H groups in total. The number of ketones is 4. The van der Waals surface area contributed by atoms with Gasteiger partial charge >= 0.3 is 5.69 Å². The zero-order valence-corrected chi connectivity index (χ0v) is 18.5. The second-order valence-electron chi connectivity index (χ2n) is 9.36. The molecule has 12 heteroatoms. The quantitative estimate of drug-likeness (QED) is 0.302. The number of diazo groups is 1. The van der Waals surface area contributed by atoms with Gasteiger partial charge in [-0.3, -0.25) is 28.9 Å². The summed E-state index contributed by atoms with van der Waals surface area (Å²) in [5.74, 6) is -14.2. The number of primary amides is 1. The highest BCUT2D eigenvalue weighted by molar-refractivity contribution is 6.32. The van der Waals surface area contributed by atoms with E-state index in [0.717, 1.165) is 0 Å². The fourth-order valence-corrected chi connectivity index (χ4v) is 6.06. The highest BCUT2D eigenvalue weighted by Gasteiger charge is 2.73. The number of likely N-dealkylation sites (N-methyl/N-ethyl adjacent to an activating group) is 1. The molecule has 4 rings (SSSR count). The minimum Gasteiger partial charge on any atom is -0.501 e. The van der Waals surface area contributed by atoms with Crippen LogP contribution in [0, 0.1) is 29.1 Å². The topological polar surface area (TPSA) is 203 Å². The number of phenols is 1. The number of aliphatic hydroxyl groups is 2. The van der Waals surface area contributed by atoms with Crippen LogP contribution < -0.4 is 5.73 Å². The van der Waals surface area contributed by atoms with E-state index in [2.05, 4.69) is 4.98 Å². The van der Waals surface area contributed by atoms with E-state index in [-0.39, 0.29) is 16.8 Å². The molecule has 178 valence electrons. The number of carbonyl (C=O) groups is 5. The number of hydrogen-bond acceptors (Lipinski definition) is 10. The molecule has 34 heavy (non-hydrogen) atoms. The van der Waals surface area contributed by atoms with Crippen molar-refractivity contribution in [1.29, 1.82) is 5.39 Å². The van der Waals surface area contributed by atoms with Crippen LogP contribution in [0.1, 0.15) is 28.8 Å². The lowest BCUT2D eigenvalue weighted by molar-refractivity contribution is -0.196. The van der Waals surface area contributed by atoms with Crippen molar-refractivity contribution in [2.24, 2.45) is 29.4 Å². The second kappa shape index (κ2) is 7.49. The summed E-state index contributed by atoms with van der Waals surface area (Å²) < 4.78 is 0. The highest BCUT2D eigenvalue weighted by Crippen LogP contribution is 2.55. The Morgan fingerprint density at radius 3 is 2.32 bits per heavy atom. The van der Waals surface area contributed by atoms with Crippen molar-refractivity contribution < 1.29 is 39.3 Å². The number of nitrogens with two attached hydrogens (primary N) is 1. The Labute approximate surface area is 193 Å². The van der Waals surface area contributed by atoms with Crippen LogP contribution in [0.4, 0.5) is 5.69 Å². The first-order valence-electron chi connectivity index (χ1n) is 10.6. The lowest BCUT2D eigenvalue weighted by Crippen LogP contribution is -2.77. The summed E-state index contributed by atoms with van der Waals surface area (Å²) in [6, 6.07) is 1.23. The Kier molecular flexibility index (Phi) is 5.20. The summed E-state index contributed by atoms with van der Waals surface area (Å²) in [5, 5.41) is 42.5. The van der Waals surface area contributed by atoms with E-state index in [1.807, 2.05) is 0 Å². The Hall–Kier alpha value is -3.53. The van der Waals surface area contributed by atoms with Gasteiger partial charge < -0.3 is 21.1 Å². The number of amides is 1. The Morgan fingerprint density at radius 1 is 1.18 bits per heavy atom. The molecule has 0 aromatic heterocycles. The van der Waals surface area contributed by atoms with Crippen LogP contribution in [0.15, 0.2) is 12.1 Å². The summed E-state index contributed by atoms with van der Waals surface area (Å²) in [7, 11) is 2.84. The van der Waals surface area contributed by atoms with E-state index >= 15 is 0 Å². The summed E-state index contributed by atoms with van der Waals surface area (Å²) >= 11 is 0. The minimum atomic E-state index is -3.05. The maximum Gasteiger partial charge on any atom is 0.426 e. The predicted molar refractivity (Wildman–Crippen MR) is 112 cm³/mol. The van der Waals surface area contributed by atoms with Crippen LogP contribution in [0.25, 0.3) is 4.98 Å². The van der Waals surface area contributed by atoms with E-state index in [9.17, 15) is 39.3 Å². The van der Waals surface area contributed by atoms with Crippen LogP contribution >= 0.6 is 0 Å². The number of phenolic OH excluding ortho intramolecular Hbond substituents is 1. The monoisotopic (exact) mass is 471 g/mol. The third kappa shape index (κ3) is 2.68. The molecular weight excluding hydrogens is 448 g/mol. The van der Waals surface area contributed by atoms with Crippen molar-refractivity contribution in [3.8, 4) is 5.75 Å². The molecule has 0 spiro atoms. The normalized spacial score (nSPS) is 37.0. The van der Waals surface area contributed by atoms with E-state index in [4.69, 9.17) is 11.1 Å². The van der Waals surface area contributed by atoms with Crippen molar-refractivity contribution in [2.45, 2.75) is 30.6 Å². The number of carbonyl (C=O) groups excluding carboxylic acids is 5. The van der Waals surface area contributed by atoms with Gasteiger partial charge in [0, 0.05) is 12.0 Å². The third-order valence-corrected chi connectivity index (χ3v) is 7.58. The van der Waals surface area contributed by atoms with Gasteiger partial charge in [0.2, 0.25) is 17.0 Å². The molecule has 0 bridgehead atoms. The molecule has 1 aromatic rings. The number of benzene rings is 1. The highest BCUT2D eigenvalue weighted by atomic mass is 16.3. The lowest BCUT2D eigenvalue weighted by atomic mass is 9.49. The standard InChI is InChI=1S/C22H22N4O8/c1-6-7-4-5-8(25-24)15(27)10(7)16(28)11-9(6)17(29)13-14(26(2)3)18(30)12(21(23)33)20(32)22(13,34)19(11)31/h4-6,9,11-14,17,29,34H,1-3H3,(H2-,23,27,28,33)/p+1/t6-,9?,11?,12?,13?,14-,17-,22-/m0/s1. The van der Waals surface area contributed by atoms with Crippen LogP contribution in [-0.4, -0.2) is 81.1 Å². The largest absolute Gasteiger partial charge is 0.501 e. The second-order valence-corrected chi connectivity index (χ2v) is 9.36. The first-order chi connectivity index (χ1) is 15.8. The molecule has 3 aliphatic rings. The molecule has 4 unspecified atom stereocenters. The van der Waals surface area contributed by atoms with Gasteiger partial charge in [-0.15, -0.1) is 0 Å². The lowest BCUT2D eigenvalue weighted by Gasteiger charge is -2.55. The summed E-state index contributed by atoms with van der Waals surface area (Å²) in [4.78, 5) is 69.6. The number of hydrogen-bond donors (Lipinski definition) is 4. The number of aliphatic hydroxyl groups excluding tert-OH is 1. The summed E-state index contributed by atoms with van der Waals surface area (Å²) in [5.41, 5.74) is 1.79. The van der Waals surface area contributed by atoms with Gasteiger partial charge in [-0.05, 0) is 31.6 Å². The van der Waals surface area contributed by atoms with Gasteiger partial charge in [0.15, 0.2) is 39.6 Å². The maximum absolute atomic E-state index is 13.7. The fraction of sp³-hybridized carbons (Fsp3) is 0.500. The number of Topliss-reactive ketones (excluding diaryl/α,β-unsaturated/α-hetero) is 4. The molecular formula is C22H23N4O8+. The van der Waals surface area contributed by atoms with Crippen molar-refractivity contribution in [3.63, 3.8) is 0 Å². The van der Waals surface area contributed by atoms with Crippen LogP contribution in [0.5, 0.6) is 5.75 Å². The maximum atomic E-state index is 13.7. The van der Waals surface area contributed by atoms with Crippen molar-refractivity contribution in [2.75, 3.05) is 14.1 Å². The average Bonchev–Trinajstić information content (AvgIpc) is 2.75. The van der Waals surface area contributed by atoms with E-state index in [0.29, 0.717) is 0 Å². The number of fused-ring (bicyclic) bond motifs is 3. The van der Waals surface area contributed by atoms with Crippen molar-refractivity contribution >= 4 is 34.7 Å². The average molecular weight is 471 g/mol. The number of aromatic hydroxyl groups is 1. The van der Waals surface area contributed by atoms with Gasteiger partial charge in [0.05, 0.1) is 29.5 Å². The van der Waals surface area contributed by atoms with Gasteiger partial charge in [0.25, 0.3) is 0 Å². The molecule has 1 aromatic carbocycles. The van der Waals surface area contributed by atoms with Gasteiger partial charge in [0.1, 0.15) is 0 Å². The number of rotatable bonds is 2. The van der Waals surface area contributed by atoms with E-state index in [1.165, 1.54) is 31.1 Å². The Bertz CT molecular complexity index is 1220. The molecule has 0 heterocycles. The molecule has 0 radical (unpaired) electrons. The summed E-state index contributed by atoms with van der Waals surface area (Å²) in [6.07, 6.45) is -1.70. The first-order valence-corrected chi connectivity index (χ1v) is 10.6. The third-order valence-electron chi connectivity index (χ3n) is 7.58. The van der Waals surface area contributed by atoms with E-state index < -0.39 is 82.1 Å². The zero-order valence-electron chi connectivity index (χ0n) is 18.5. The first kappa shape index (κ1) is 23.6. The van der Waals surface area contributed by atoms with Gasteiger partial charge in [-0.25, -0.2) is 0 Å². The van der Waals surface area contributed by atoms with Crippen LogP contribution in [0.2, 0.25) is 0 Å². The molecule has 8 atom stereocenters. The Balaban J connectivity index is 1.97. The Morgan fingerprint density at radius 2 is 1.79 bits per heavy atom. The molecule has 2 fully saturated rings. The zero-order chi connectivity index (χ0) is 25.4. The SMILES string of the molecule is C[C@H]1c2ccc([N+]#N)c(O)c2C(=O)C2C(=O)[C@]3(O)C(=O)C(C(N)=O)C(=O)[C@@H](N(C)C)C3[C@@H](O)C21. The van der Waals surface area contributed by atoms with Crippen LogP contribution in [-0.2, 0) is 19.2 Å².